The van der Waals surface area contributed by atoms with Crippen LogP contribution in [-0.4, -0.2) is 76.7 Å². The predicted octanol–water partition coefficient (Wildman–Crippen LogP) is 3.67. The molecule has 0 aromatic rings. The summed E-state index contributed by atoms with van der Waals surface area (Å²) in [6, 6.07) is 0. The molecule has 0 saturated heterocycles. The van der Waals surface area contributed by atoms with E-state index in [1.165, 1.54) is 17.3 Å². The van der Waals surface area contributed by atoms with Crippen LogP contribution in [0.3, 0.4) is 0 Å². The van der Waals surface area contributed by atoms with E-state index in [0.29, 0.717) is 17.5 Å². The van der Waals surface area contributed by atoms with Crippen molar-refractivity contribution < 1.29 is 14.1 Å². The van der Waals surface area contributed by atoms with Crippen molar-refractivity contribution >= 4 is 92.2 Å². The van der Waals surface area contributed by atoms with Gasteiger partial charge >= 0.3 is 0 Å². The first-order valence-electron chi connectivity index (χ1n) is 7.48. The predicted molar refractivity (Wildman–Crippen MR) is 127 cm³/mol. The van der Waals surface area contributed by atoms with E-state index >= 15 is 0 Å². The maximum Gasteiger partial charge on any atom is 0.279 e. The monoisotopic (exact) mass is 482 g/mol. The number of rotatable bonds is 17. The number of hydrogen-bond acceptors (Lipinski definition) is 10. The van der Waals surface area contributed by atoms with E-state index in [4.69, 9.17) is 5.11 Å². The zero-order valence-corrected chi connectivity index (χ0v) is 19.9. The number of nitrogens with one attached hydrogen (secondary N) is 1. The van der Waals surface area contributed by atoms with E-state index in [9.17, 15) is 9.00 Å². The van der Waals surface area contributed by atoms with Crippen LogP contribution in [0.4, 0.5) is 4.79 Å². The van der Waals surface area contributed by atoms with Gasteiger partial charge in [-0.3, -0.25) is 14.0 Å². The van der Waals surface area contributed by atoms with Crippen LogP contribution in [0, 0.1) is 0 Å². The summed E-state index contributed by atoms with van der Waals surface area (Å²) >= 11 is 10.1. The van der Waals surface area contributed by atoms with E-state index in [1.807, 2.05) is 30.4 Å². The van der Waals surface area contributed by atoms with Gasteiger partial charge in [-0.2, -0.15) is 11.8 Å². The van der Waals surface area contributed by atoms with Gasteiger partial charge in [0.1, 0.15) is 0 Å². The molecule has 12 heteroatoms. The lowest BCUT2D eigenvalue weighted by Gasteiger charge is -2.05. The highest BCUT2D eigenvalue weighted by Crippen LogP contribution is 2.20. The topological polar surface area (TPSA) is 78.8 Å². The Kier molecular flexibility index (Phi) is 22.8. The van der Waals surface area contributed by atoms with Crippen molar-refractivity contribution in [1.82, 2.24) is 5.32 Å². The Morgan fingerprint density at radius 3 is 2.52 bits per heavy atom. The maximum atomic E-state index is 11.5. The van der Waals surface area contributed by atoms with Crippen molar-refractivity contribution in [1.29, 1.82) is 0 Å². The molecule has 0 rings (SSSR count). The summed E-state index contributed by atoms with van der Waals surface area (Å²) in [7, 11) is -0.908. The molecule has 0 aliphatic rings. The fourth-order valence-electron chi connectivity index (χ4n) is 1.09. The Bertz CT molecular complexity index is 376. The van der Waals surface area contributed by atoms with Crippen LogP contribution in [0.25, 0.3) is 0 Å². The SMILES string of the molecule is CCS(=O)/C=N/CSCSCSCSCNC(=O)SCCSCCO. The summed E-state index contributed by atoms with van der Waals surface area (Å²) in [6.45, 7) is 2.08. The smallest absolute Gasteiger partial charge is 0.279 e. The van der Waals surface area contributed by atoms with Crippen molar-refractivity contribution in [2.75, 3.05) is 56.6 Å². The molecule has 0 aromatic heterocycles. The van der Waals surface area contributed by atoms with E-state index in [1.54, 1.807) is 35.3 Å². The van der Waals surface area contributed by atoms with Crippen molar-refractivity contribution in [3.05, 3.63) is 0 Å². The minimum absolute atomic E-state index is 0.0254. The highest BCUT2D eigenvalue weighted by molar-refractivity contribution is 8.26. The molecule has 0 aliphatic carbocycles. The molecular weight excluding hydrogens is 457 g/mol. The molecule has 148 valence electrons. The van der Waals surface area contributed by atoms with Crippen molar-refractivity contribution in [3.63, 3.8) is 0 Å². The Labute approximate surface area is 179 Å². The molecule has 0 aromatic carbocycles. The van der Waals surface area contributed by atoms with Crippen LogP contribution in [0.2, 0.25) is 0 Å². The normalized spacial score (nSPS) is 12.6. The Morgan fingerprint density at radius 2 is 1.80 bits per heavy atom. The summed E-state index contributed by atoms with van der Waals surface area (Å²) in [5.74, 6) is 4.34. The third-order valence-electron chi connectivity index (χ3n) is 2.16. The molecule has 0 aliphatic heterocycles. The number of amides is 1. The molecular formula is C13H26N2O3S7. The largest absolute Gasteiger partial charge is 0.396 e. The highest BCUT2D eigenvalue weighted by atomic mass is 32.2. The van der Waals surface area contributed by atoms with Gasteiger partial charge in [-0.25, -0.2) is 0 Å². The molecule has 0 saturated carbocycles. The molecule has 0 heterocycles. The van der Waals surface area contributed by atoms with Gasteiger partial charge in [-0.1, -0.05) is 18.7 Å². The van der Waals surface area contributed by atoms with Crippen LogP contribution in [0.1, 0.15) is 6.92 Å². The van der Waals surface area contributed by atoms with E-state index in [0.717, 1.165) is 32.5 Å². The molecule has 2 N–H and O–H groups in total. The third kappa shape index (κ3) is 21.5. The van der Waals surface area contributed by atoms with Gasteiger partial charge in [0, 0.05) is 38.3 Å². The van der Waals surface area contributed by atoms with Crippen LogP contribution in [0.5, 0.6) is 0 Å². The van der Waals surface area contributed by atoms with Crippen LogP contribution < -0.4 is 5.32 Å². The summed E-state index contributed by atoms with van der Waals surface area (Å²) in [5.41, 5.74) is 1.53. The number of carbonyl (C=O) groups excluding carboxylic acids is 1. The first kappa shape index (κ1) is 26.4. The lowest BCUT2D eigenvalue weighted by Crippen LogP contribution is -2.18. The van der Waals surface area contributed by atoms with Crippen molar-refractivity contribution in [2.24, 2.45) is 4.99 Å². The Morgan fingerprint density at radius 1 is 1.08 bits per heavy atom. The molecule has 1 amide bonds. The molecule has 1 unspecified atom stereocenters. The number of aliphatic hydroxyl groups excluding tert-OH is 1. The van der Waals surface area contributed by atoms with Crippen molar-refractivity contribution in [3.8, 4) is 0 Å². The molecule has 1 atom stereocenters. The first-order valence-corrected chi connectivity index (χ1v) is 15.6. The third-order valence-corrected chi connectivity index (χ3v) is 9.83. The van der Waals surface area contributed by atoms with Gasteiger partial charge in [0.25, 0.3) is 5.24 Å². The minimum Gasteiger partial charge on any atom is -0.396 e. The summed E-state index contributed by atoms with van der Waals surface area (Å²) in [4.78, 5) is 15.6. The van der Waals surface area contributed by atoms with Crippen LogP contribution >= 0.6 is 70.6 Å². The number of carbonyl (C=O) groups is 1. The molecule has 0 radical (unpaired) electrons. The van der Waals surface area contributed by atoms with Gasteiger partial charge in [0.15, 0.2) is 0 Å². The van der Waals surface area contributed by atoms with Gasteiger partial charge in [0.2, 0.25) is 0 Å². The van der Waals surface area contributed by atoms with Crippen LogP contribution in [-0.2, 0) is 10.8 Å². The first-order chi connectivity index (χ1) is 12.2. The van der Waals surface area contributed by atoms with Gasteiger partial charge < -0.3 is 10.4 Å². The zero-order valence-electron chi connectivity index (χ0n) is 14.2. The Hall–Kier alpha value is 1.35. The number of thioether (sulfide) groups is 6. The summed E-state index contributed by atoms with van der Waals surface area (Å²) in [5, 5.41) is 14.5. The van der Waals surface area contributed by atoms with Crippen molar-refractivity contribution in [2.45, 2.75) is 6.92 Å². The number of nitrogens with zero attached hydrogens (tertiary/aromatic N) is 1. The second-order valence-corrected chi connectivity index (χ2v) is 12.9. The molecule has 0 bridgehead atoms. The van der Waals surface area contributed by atoms with E-state index < -0.39 is 10.8 Å². The zero-order chi connectivity index (χ0) is 18.6. The fourth-order valence-corrected chi connectivity index (χ4v) is 7.39. The van der Waals surface area contributed by atoms with E-state index in [-0.39, 0.29) is 11.8 Å². The summed E-state index contributed by atoms with van der Waals surface area (Å²) in [6.07, 6.45) is 0. The van der Waals surface area contributed by atoms with Gasteiger partial charge in [-0.05, 0) is 0 Å². The molecule has 5 nitrogen and oxygen atoms in total. The highest BCUT2D eigenvalue weighted by Gasteiger charge is 2.01. The Balaban J connectivity index is 3.21. The number of aliphatic hydroxyl groups is 1. The number of hydrogen-bond donors (Lipinski definition) is 2. The number of aliphatic imine (C=N–C) groups is 1. The van der Waals surface area contributed by atoms with Crippen LogP contribution in [0.15, 0.2) is 4.99 Å². The lowest BCUT2D eigenvalue weighted by atomic mass is 10.9. The standard InChI is InChI=1S/C13H26N2O3S7/c1-2-25(18)9-14-7-20-10-22-12-23-11-21-8-15-13(17)24-6-5-19-4-3-16/h9,16H,2-8,10-12H2,1H3,(H,15,17)/b14-9+. The minimum atomic E-state index is -0.908. The second kappa shape index (κ2) is 21.6. The quantitative estimate of drug-likeness (QED) is 0.140. The van der Waals surface area contributed by atoms with Gasteiger partial charge in [-0.15, -0.1) is 47.0 Å². The van der Waals surface area contributed by atoms with E-state index in [2.05, 4.69) is 10.3 Å². The molecule has 25 heavy (non-hydrogen) atoms. The molecule has 0 spiro atoms. The lowest BCUT2D eigenvalue weighted by molar-refractivity contribution is 0.262. The fraction of sp³-hybridized carbons (Fsp3) is 0.846. The maximum absolute atomic E-state index is 11.5. The summed E-state index contributed by atoms with van der Waals surface area (Å²) < 4.78 is 11.1. The average molecular weight is 483 g/mol. The van der Waals surface area contributed by atoms with Gasteiger partial charge in [0.05, 0.1) is 34.7 Å². The molecule has 0 fully saturated rings. The average Bonchev–Trinajstić information content (AvgIpc) is 2.62. The second-order valence-electron chi connectivity index (χ2n) is 4.05.